The van der Waals surface area contributed by atoms with E-state index in [9.17, 15) is 4.79 Å². The quantitative estimate of drug-likeness (QED) is 0.770. The highest BCUT2D eigenvalue weighted by atomic mass is 32.1. The molecule has 17 heavy (non-hydrogen) atoms. The van der Waals surface area contributed by atoms with Gasteiger partial charge in [-0.3, -0.25) is 10.1 Å². The zero-order valence-electron chi connectivity index (χ0n) is 9.64. The smallest absolute Gasteiger partial charge is 0.239 e. The molecule has 1 saturated carbocycles. The normalized spacial score (nSPS) is 17.9. The summed E-state index contributed by atoms with van der Waals surface area (Å²) in [5.74, 6) is 0.246. The molecule has 0 radical (unpaired) electrons. The Morgan fingerprint density at radius 2 is 2.24 bits per heavy atom. The van der Waals surface area contributed by atoms with Gasteiger partial charge in [0.2, 0.25) is 11.9 Å². The fourth-order valence-electron chi connectivity index (χ4n) is 2.19. The molecule has 6 nitrogen and oxygen atoms in total. The Balaban J connectivity index is 2.19. The average Bonchev–Trinajstić information content (AvgIpc) is 2.89. The van der Waals surface area contributed by atoms with Crippen molar-refractivity contribution in [2.75, 3.05) is 5.32 Å². The van der Waals surface area contributed by atoms with Crippen molar-refractivity contribution in [1.29, 1.82) is 0 Å². The van der Waals surface area contributed by atoms with E-state index in [1.165, 1.54) is 11.0 Å². The van der Waals surface area contributed by atoms with Gasteiger partial charge in [-0.1, -0.05) is 25.1 Å². The van der Waals surface area contributed by atoms with Crippen molar-refractivity contribution < 1.29 is 4.79 Å². The maximum absolute atomic E-state index is 12.3. The van der Waals surface area contributed by atoms with E-state index in [1.54, 1.807) is 7.05 Å². The van der Waals surface area contributed by atoms with Gasteiger partial charge in [0.05, 0.1) is 10.4 Å². The van der Waals surface area contributed by atoms with E-state index in [2.05, 4.69) is 15.4 Å². The zero-order valence-corrected chi connectivity index (χ0v) is 10.5. The number of nitrogens with one attached hydrogen (secondary N) is 1. The Hall–Kier alpha value is -1.50. The number of carbonyl (C=O) groups is 1. The zero-order chi connectivity index (χ0) is 12.5. The van der Waals surface area contributed by atoms with Crippen molar-refractivity contribution in [3.63, 3.8) is 0 Å². The molecule has 1 aromatic heterocycles. The van der Waals surface area contributed by atoms with Crippen molar-refractivity contribution in [1.82, 2.24) is 14.8 Å². The first-order chi connectivity index (χ1) is 8.06. The largest absolute Gasteiger partial charge is 0.392 e. The summed E-state index contributed by atoms with van der Waals surface area (Å²) < 4.78 is 1.50. The molecular weight excluding hydrogens is 238 g/mol. The lowest BCUT2D eigenvalue weighted by atomic mass is 9.85. The van der Waals surface area contributed by atoms with Gasteiger partial charge in [0.25, 0.3) is 0 Å². The summed E-state index contributed by atoms with van der Waals surface area (Å²) in [6.45, 7) is 0. The Morgan fingerprint density at radius 3 is 2.71 bits per heavy atom. The summed E-state index contributed by atoms with van der Waals surface area (Å²) in [5.41, 5.74) is 5.02. The number of carbonyl (C=O) groups excluding carboxylic acids is 1. The van der Waals surface area contributed by atoms with Crippen LogP contribution in [-0.2, 0) is 11.8 Å². The molecule has 0 atom stereocenters. The minimum absolute atomic E-state index is 0.168. The monoisotopic (exact) mass is 253 g/mol. The number of amides is 1. The fraction of sp³-hybridized carbons (Fsp3) is 0.600. The lowest BCUT2D eigenvalue weighted by Crippen LogP contribution is -2.44. The molecular formula is C10H15N5OS. The lowest BCUT2D eigenvalue weighted by Gasteiger charge is -2.25. The third kappa shape index (κ3) is 2.02. The van der Waals surface area contributed by atoms with Crippen LogP contribution in [0, 0.1) is 5.41 Å². The van der Waals surface area contributed by atoms with Gasteiger partial charge in [0.15, 0.2) is 0 Å². The first-order valence-electron chi connectivity index (χ1n) is 5.51. The molecule has 0 unspecified atom stereocenters. The Morgan fingerprint density at radius 1 is 1.59 bits per heavy atom. The fourth-order valence-corrected chi connectivity index (χ4v) is 2.49. The van der Waals surface area contributed by atoms with Gasteiger partial charge < -0.3 is 5.73 Å². The summed E-state index contributed by atoms with van der Waals surface area (Å²) in [6, 6.07) is 0. The Labute approximate surface area is 105 Å². The topological polar surface area (TPSA) is 85.8 Å². The van der Waals surface area contributed by atoms with E-state index in [1.807, 2.05) is 0 Å². The number of rotatable bonds is 3. The molecule has 2 rings (SSSR count). The summed E-state index contributed by atoms with van der Waals surface area (Å²) >= 11 is 5.05. The van der Waals surface area contributed by atoms with E-state index in [-0.39, 0.29) is 10.9 Å². The number of hydrogen-bond acceptors (Lipinski definition) is 4. The third-order valence-corrected chi connectivity index (χ3v) is 3.69. The number of aryl methyl sites for hydroxylation is 1. The second-order valence-corrected chi connectivity index (χ2v) is 4.75. The van der Waals surface area contributed by atoms with Crippen LogP contribution in [-0.4, -0.2) is 25.7 Å². The van der Waals surface area contributed by atoms with Crippen molar-refractivity contribution in [2.24, 2.45) is 18.2 Å². The molecule has 92 valence electrons. The molecule has 0 aliphatic heterocycles. The average molecular weight is 253 g/mol. The minimum atomic E-state index is -0.707. The Kier molecular flexibility index (Phi) is 3.10. The number of aromatic nitrogens is 3. The molecule has 1 heterocycles. The van der Waals surface area contributed by atoms with Crippen LogP contribution in [0.4, 0.5) is 5.95 Å². The maximum Gasteiger partial charge on any atom is 0.239 e. The van der Waals surface area contributed by atoms with Gasteiger partial charge in [-0.15, -0.1) is 0 Å². The van der Waals surface area contributed by atoms with E-state index < -0.39 is 5.41 Å². The summed E-state index contributed by atoms with van der Waals surface area (Å²) in [6.07, 6.45) is 4.77. The number of hydrogen-bond donors (Lipinski definition) is 2. The molecule has 7 heteroatoms. The predicted octanol–water partition coefficient (Wildman–Crippen LogP) is 0.600. The highest BCUT2D eigenvalue weighted by molar-refractivity contribution is 7.80. The van der Waals surface area contributed by atoms with E-state index in [0.717, 1.165) is 12.8 Å². The highest BCUT2D eigenvalue weighted by Crippen LogP contribution is 2.39. The van der Waals surface area contributed by atoms with Gasteiger partial charge in [0, 0.05) is 7.05 Å². The van der Waals surface area contributed by atoms with Crippen LogP contribution in [0.5, 0.6) is 0 Å². The van der Waals surface area contributed by atoms with Crippen molar-refractivity contribution in [3.8, 4) is 0 Å². The van der Waals surface area contributed by atoms with Crippen molar-refractivity contribution in [2.45, 2.75) is 25.7 Å². The molecule has 3 N–H and O–H groups in total. The highest BCUT2D eigenvalue weighted by Gasteiger charge is 2.44. The van der Waals surface area contributed by atoms with Gasteiger partial charge >= 0.3 is 0 Å². The summed E-state index contributed by atoms with van der Waals surface area (Å²) in [5, 5.41) is 6.63. The van der Waals surface area contributed by atoms with Gasteiger partial charge in [-0.2, -0.15) is 10.1 Å². The molecule has 0 saturated heterocycles. The molecule has 0 bridgehead atoms. The maximum atomic E-state index is 12.3. The lowest BCUT2D eigenvalue weighted by molar-refractivity contribution is -0.122. The van der Waals surface area contributed by atoms with Crippen LogP contribution in [0.25, 0.3) is 0 Å². The van der Waals surface area contributed by atoms with Crippen LogP contribution < -0.4 is 11.1 Å². The van der Waals surface area contributed by atoms with Crippen LogP contribution in [0.3, 0.4) is 0 Å². The van der Waals surface area contributed by atoms with Crippen LogP contribution in [0.1, 0.15) is 25.7 Å². The first kappa shape index (κ1) is 12.0. The summed E-state index contributed by atoms with van der Waals surface area (Å²) in [4.78, 5) is 16.5. The molecule has 0 aromatic carbocycles. The van der Waals surface area contributed by atoms with Crippen LogP contribution >= 0.6 is 12.2 Å². The third-order valence-electron chi connectivity index (χ3n) is 3.30. The summed E-state index contributed by atoms with van der Waals surface area (Å²) in [7, 11) is 1.71. The standard InChI is InChI=1S/C10H15N5OS/c1-15-9(12-6-13-15)14-8(16)10(7(11)17)4-2-3-5-10/h6H,2-5H2,1H3,(H2,11,17)(H,12,13,14,16). The van der Waals surface area contributed by atoms with Gasteiger partial charge in [-0.05, 0) is 12.8 Å². The molecule has 1 fully saturated rings. The number of thiocarbonyl (C=S) groups is 1. The number of anilines is 1. The second-order valence-electron chi connectivity index (χ2n) is 4.31. The molecule has 1 aromatic rings. The molecule has 1 amide bonds. The van der Waals surface area contributed by atoms with E-state index in [0.29, 0.717) is 18.8 Å². The molecule has 1 aliphatic rings. The Bertz CT molecular complexity index is 449. The number of nitrogens with two attached hydrogens (primary N) is 1. The van der Waals surface area contributed by atoms with Crippen LogP contribution in [0.15, 0.2) is 6.33 Å². The van der Waals surface area contributed by atoms with E-state index in [4.69, 9.17) is 18.0 Å². The van der Waals surface area contributed by atoms with Crippen LogP contribution in [0.2, 0.25) is 0 Å². The molecule has 0 spiro atoms. The van der Waals surface area contributed by atoms with Gasteiger partial charge in [-0.25, -0.2) is 4.68 Å². The minimum Gasteiger partial charge on any atom is -0.392 e. The van der Waals surface area contributed by atoms with E-state index >= 15 is 0 Å². The SMILES string of the molecule is Cn1ncnc1NC(=O)C1(C(N)=S)CCCC1. The first-order valence-corrected chi connectivity index (χ1v) is 5.92. The van der Waals surface area contributed by atoms with Crippen molar-refractivity contribution in [3.05, 3.63) is 6.33 Å². The second kappa shape index (κ2) is 4.40. The van der Waals surface area contributed by atoms with Crippen molar-refractivity contribution >= 4 is 29.1 Å². The predicted molar refractivity (Wildman–Crippen MR) is 67.3 cm³/mol. The molecule has 1 aliphatic carbocycles. The number of nitrogens with zero attached hydrogens (tertiary/aromatic N) is 3. The van der Waals surface area contributed by atoms with Gasteiger partial charge in [0.1, 0.15) is 6.33 Å².